The highest BCUT2D eigenvalue weighted by Gasteiger charge is 2.28. The molecule has 2 fully saturated rings. The first-order valence-corrected chi connectivity index (χ1v) is 13.2. The minimum Gasteiger partial charge on any atom is -0.493 e. The molecule has 0 aromatic carbocycles. The Morgan fingerprint density at radius 1 is 1.28 bits per heavy atom. The van der Waals surface area contributed by atoms with Crippen LogP contribution < -0.4 is 16.4 Å². The van der Waals surface area contributed by atoms with E-state index in [1.54, 1.807) is 28.1 Å². The van der Waals surface area contributed by atoms with Gasteiger partial charge in [0.1, 0.15) is 5.69 Å². The molecule has 0 radical (unpaired) electrons. The van der Waals surface area contributed by atoms with Gasteiger partial charge in [-0.3, -0.25) is 14.9 Å². The third-order valence-corrected chi connectivity index (χ3v) is 8.28. The minimum absolute atomic E-state index is 0.215. The van der Waals surface area contributed by atoms with Crippen molar-refractivity contribution in [2.75, 3.05) is 27.2 Å². The fourth-order valence-corrected chi connectivity index (χ4v) is 5.76. The van der Waals surface area contributed by atoms with E-state index in [-0.39, 0.29) is 11.6 Å². The number of nitrogens with one attached hydrogen (secondary N) is 2. The monoisotopic (exact) mass is 506 g/mol. The van der Waals surface area contributed by atoms with E-state index < -0.39 is 5.69 Å². The standard InChI is InChI=1S/C25H30N8O2S/c1-14(32-7-6-18(12-32)31(2)3)21-9-16(13-36-21)19-10-22(27-17-4-5-17)33-23(28-19)15(11-26-33)8-20-24(34)30-25(35)29-20/h8-11,13-14,17-18,34H,4-7,12H2,1-3H3,(H2,29,30,35)/t14?,18-/m1/s1. The zero-order valence-corrected chi connectivity index (χ0v) is 21.4. The Morgan fingerprint density at radius 2 is 2.11 bits per heavy atom. The molecule has 1 saturated heterocycles. The van der Waals surface area contributed by atoms with E-state index in [9.17, 15) is 9.90 Å². The smallest absolute Gasteiger partial charge is 0.326 e. The lowest BCUT2D eigenvalue weighted by Gasteiger charge is -2.25. The Hall–Kier alpha value is -3.28. The number of likely N-dealkylation sites (N-methyl/N-ethyl adjacent to an activating group) is 1. The lowest BCUT2D eigenvalue weighted by atomic mass is 10.1. The van der Waals surface area contributed by atoms with Crippen LogP contribution >= 0.6 is 11.3 Å². The average molecular weight is 507 g/mol. The summed E-state index contributed by atoms with van der Waals surface area (Å²) in [6.45, 7) is 4.47. The molecular formula is C25H30N8O2S. The second-order valence-electron chi connectivity index (χ2n) is 10.00. The summed E-state index contributed by atoms with van der Waals surface area (Å²) in [5, 5.41) is 17.4. The van der Waals surface area contributed by atoms with Gasteiger partial charge in [0.25, 0.3) is 0 Å². The molecule has 0 amide bonds. The van der Waals surface area contributed by atoms with E-state index in [4.69, 9.17) is 9.98 Å². The van der Waals surface area contributed by atoms with E-state index in [2.05, 4.69) is 57.3 Å². The van der Waals surface area contributed by atoms with Crippen LogP contribution in [0.4, 0.5) is 0 Å². The summed E-state index contributed by atoms with van der Waals surface area (Å²) in [5.74, 6) is -0.215. The van der Waals surface area contributed by atoms with Gasteiger partial charge in [-0.15, -0.1) is 11.3 Å². The van der Waals surface area contributed by atoms with E-state index in [0.717, 1.165) is 42.7 Å². The SMILES string of the molecule is CC(c1cc(-c2cc(=NC3CC3)n3ncc(=Cc4[nH]c(=O)[nH]c4O)c3n2)cs1)N1CC[C@@H](N(C)C)C1. The van der Waals surface area contributed by atoms with E-state index in [0.29, 0.717) is 29.0 Å². The number of likely N-dealkylation sites (tertiary alicyclic amines) is 1. The van der Waals surface area contributed by atoms with Crippen LogP contribution in [0.5, 0.6) is 5.88 Å². The molecule has 0 bridgehead atoms. The van der Waals surface area contributed by atoms with Crippen LogP contribution in [0.3, 0.4) is 0 Å². The molecule has 6 rings (SSSR count). The average Bonchev–Trinajstić information content (AvgIpc) is 3.25. The van der Waals surface area contributed by atoms with Crippen molar-refractivity contribution >= 4 is 23.1 Å². The Bertz CT molecular complexity index is 1590. The molecule has 1 unspecified atom stereocenters. The normalized spacial score (nSPS) is 20.8. The van der Waals surface area contributed by atoms with E-state index >= 15 is 0 Å². The van der Waals surface area contributed by atoms with Crippen molar-refractivity contribution in [1.29, 1.82) is 0 Å². The number of imidazole rings is 1. The van der Waals surface area contributed by atoms with Crippen molar-refractivity contribution in [1.82, 2.24) is 34.4 Å². The van der Waals surface area contributed by atoms with Crippen LogP contribution in [0.1, 0.15) is 42.8 Å². The number of aromatic amines is 2. The van der Waals surface area contributed by atoms with E-state index in [1.165, 1.54) is 11.3 Å². The second kappa shape index (κ2) is 8.99. The maximum absolute atomic E-state index is 11.6. The largest absolute Gasteiger partial charge is 0.493 e. The maximum atomic E-state index is 11.6. The van der Waals surface area contributed by atoms with Crippen molar-refractivity contribution in [3.8, 4) is 17.1 Å². The minimum atomic E-state index is -0.469. The van der Waals surface area contributed by atoms with Gasteiger partial charge in [-0.25, -0.2) is 9.78 Å². The van der Waals surface area contributed by atoms with E-state index in [1.807, 2.05) is 6.07 Å². The molecule has 3 N–H and O–H groups in total. The van der Waals surface area contributed by atoms with Gasteiger partial charge in [-0.05, 0) is 52.4 Å². The van der Waals surface area contributed by atoms with Crippen LogP contribution in [0.2, 0.25) is 0 Å². The molecule has 1 aliphatic heterocycles. The highest BCUT2D eigenvalue weighted by molar-refractivity contribution is 7.10. The van der Waals surface area contributed by atoms with Crippen LogP contribution in [0, 0.1) is 0 Å². The van der Waals surface area contributed by atoms with Crippen molar-refractivity contribution in [2.45, 2.75) is 44.3 Å². The third kappa shape index (κ3) is 4.38. The first-order chi connectivity index (χ1) is 17.4. The van der Waals surface area contributed by atoms with Gasteiger partial charge >= 0.3 is 5.69 Å². The van der Waals surface area contributed by atoms with Gasteiger partial charge in [-0.2, -0.15) is 9.61 Å². The van der Waals surface area contributed by atoms with Crippen molar-refractivity contribution in [2.24, 2.45) is 4.99 Å². The number of aromatic nitrogens is 5. The molecular weight excluding hydrogens is 476 g/mol. The molecule has 36 heavy (non-hydrogen) atoms. The Balaban J connectivity index is 1.40. The molecule has 1 saturated carbocycles. The van der Waals surface area contributed by atoms with Gasteiger partial charge in [0.15, 0.2) is 11.1 Å². The lowest BCUT2D eigenvalue weighted by molar-refractivity contribution is 0.230. The summed E-state index contributed by atoms with van der Waals surface area (Å²) in [6, 6.07) is 5.52. The number of thiophene rings is 1. The third-order valence-electron chi connectivity index (χ3n) is 7.18. The Labute approximate surface area is 211 Å². The Morgan fingerprint density at radius 3 is 2.81 bits per heavy atom. The van der Waals surface area contributed by atoms with Crippen LogP contribution in [-0.2, 0) is 0 Å². The van der Waals surface area contributed by atoms with Crippen molar-refractivity contribution in [3.63, 3.8) is 0 Å². The summed E-state index contributed by atoms with van der Waals surface area (Å²) in [7, 11) is 4.32. The van der Waals surface area contributed by atoms with Crippen molar-refractivity contribution < 1.29 is 5.11 Å². The quantitative estimate of drug-likeness (QED) is 0.365. The van der Waals surface area contributed by atoms with Crippen LogP contribution in [-0.4, -0.2) is 78.7 Å². The summed E-state index contributed by atoms with van der Waals surface area (Å²) in [4.78, 5) is 32.5. The molecule has 0 spiro atoms. The highest BCUT2D eigenvalue weighted by atomic mass is 32.1. The number of rotatable bonds is 6. The molecule has 2 atom stereocenters. The summed E-state index contributed by atoms with van der Waals surface area (Å²) < 4.78 is 1.73. The number of H-pyrrole nitrogens is 2. The molecule has 4 aromatic heterocycles. The number of hydrogen-bond donors (Lipinski definition) is 3. The van der Waals surface area contributed by atoms with Gasteiger partial charge in [-0.1, -0.05) is 0 Å². The summed E-state index contributed by atoms with van der Waals surface area (Å²) in [5.41, 5.74) is 3.11. The van der Waals surface area contributed by atoms with Crippen LogP contribution in [0.15, 0.2) is 33.5 Å². The number of fused-ring (bicyclic) bond motifs is 1. The van der Waals surface area contributed by atoms with Gasteiger partial charge in [0.05, 0.1) is 17.9 Å². The van der Waals surface area contributed by atoms with Crippen molar-refractivity contribution in [3.05, 3.63) is 55.5 Å². The lowest BCUT2D eigenvalue weighted by Crippen LogP contribution is -2.32. The first-order valence-electron chi connectivity index (χ1n) is 12.3. The number of hydrogen-bond acceptors (Lipinski definition) is 8. The Kier molecular flexibility index (Phi) is 5.78. The molecule has 188 valence electrons. The predicted molar refractivity (Wildman–Crippen MR) is 139 cm³/mol. The number of nitrogens with zero attached hydrogens (tertiary/aromatic N) is 6. The van der Waals surface area contributed by atoms with Gasteiger partial charge in [0, 0.05) is 52.3 Å². The zero-order valence-electron chi connectivity index (χ0n) is 20.6. The van der Waals surface area contributed by atoms with Gasteiger partial charge in [0.2, 0.25) is 5.88 Å². The fourth-order valence-electron chi connectivity index (χ4n) is 4.77. The predicted octanol–water partition coefficient (Wildman–Crippen LogP) is 1.49. The number of aromatic hydroxyl groups is 1. The molecule has 2 aliphatic rings. The highest BCUT2D eigenvalue weighted by Crippen LogP contribution is 2.33. The molecule has 5 heterocycles. The molecule has 4 aromatic rings. The first kappa shape index (κ1) is 23.1. The molecule has 1 aliphatic carbocycles. The fraction of sp³-hybridized carbons (Fsp3) is 0.440. The molecule has 11 heteroatoms. The topological polar surface area (TPSA) is 118 Å². The van der Waals surface area contributed by atoms with Gasteiger partial charge < -0.3 is 15.0 Å². The summed E-state index contributed by atoms with van der Waals surface area (Å²) >= 11 is 1.77. The second-order valence-corrected chi connectivity index (χ2v) is 10.9. The molecule has 10 nitrogen and oxygen atoms in total. The maximum Gasteiger partial charge on any atom is 0.326 e. The summed E-state index contributed by atoms with van der Waals surface area (Å²) in [6.07, 6.45) is 6.72. The zero-order chi connectivity index (χ0) is 25.0. The van der Waals surface area contributed by atoms with Crippen LogP contribution in [0.25, 0.3) is 23.0 Å².